The lowest BCUT2D eigenvalue weighted by molar-refractivity contribution is 0.279. The van der Waals surface area contributed by atoms with Gasteiger partial charge in [0.1, 0.15) is 11.5 Å². The summed E-state index contributed by atoms with van der Waals surface area (Å²) < 4.78 is 11.7. The predicted octanol–water partition coefficient (Wildman–Crippen LogP) is 5.92. The molecule has 4 N–H and O–H groups in total. The average molecular weight is 483 g/mol. The zero-order chi connectivity index (χ0) is 24.2. The molecule has 7 nitrogen and oxygen atoms in total. The SMILES string of the molecule is CCCCc1sc(NC)nc1-c1ccc(OCCCCCOc2ccc(C(N)=NO)cc2)cc1. The number of ether oxygens (including phenoxy) is 2. The Morgan fingerprint density at radius 2 is 1.59 bits per heavy atom. The minimum absolute atomic E-state index is 0.0870. The third-order valence-electron chi connectivity index (χ3n) is 5.38. The van der Waals surface area contributed by atoms with Crippen LogP contribution >= 0.6 is 11.3 Å². The summed E-state index contributed by atoms with van der Waals surface area (Å²) in [6.07, 6.45) is 6.34. The molecule has 34 heavy (non-hydrogen) atoms. The molecule has 0 amide bonds. The number of anilines is 1. The number of rotatable bonds is 14. The summed E-state index contributed by atoms with van der Waals surface area (Å²) >= 11 is 1.74. The summed E-state index contributed by atoms with van der Waals surface area (Å²) in [5.41, 5.74) is 8.43. The van der Waals surface area contributed by atoms with Crippen LogP contribution in [-0.4, -0.2) is 36.3 Å². The monoisotopic (exact) mass is 482 g/mol. The number of hydrogen-bond donors (Lipinski definition) is 3. The fourth-order valence-electron chi connectivity index (χ4n) is 3.44. The van der Waals surface area contributed by atoms with Gasteiger partial charge in [0.05, 0.1) is 18.9 Å². The van der Waals surface area contributed by atoms with E-state index in [0.29, 0.717) is 18.8 Å². The van der Waals surface area contributed by atoms with Crippen LogP contribution in [0, 0.1) is 0 Å². The number of oxime groups is 1. The second-order valence-corrected chi connectivity index (χ2v) is 9.02. The van der Waals surface area contributed by atoms with E-state index in [1.165, 1.54) is 17.7 Å². The summed E-state index contributed by atoms with van der Waals surface area (Å²) in [5.74, 6) is 1.74. The Balaban J connectivity index is 1.37. The van der Waals surface area contributed by atoms with Gasteiger partial charge in [0.25, 0.3) is 0 Å². The molecule has 2 aromatic carbocycles. The van der Waals surface area contributed by atoms with Crippen molar-refractivity contribution in [2.45, 2.75) is 45.4 Å². The van der Waals surface area contributed by atoms with Gasteiger partial charge in [0.2, 0.25) is 0 Å². The third kappa shape index (κ3) is 7.38. The second-order valence-electron chi connectivity index (χ2n) is 7.94. The molecule has 0 radical (unpaired) electrons. The minimum Gasteiger partial charge on any atom is -0.494 e. The van der Waals surface area contributed by atoms with Gasteiger partial charge in [0.15, 0.2) is 11.0 Å². The van der Waals surface area contributed by atoms with Crippen molar-refractivity contribution < 1.29 is 14.7 Å². The zero-order valence-electron chi connectivity index (χ0n) is 19.9. The first-order valence-electron chi connectivity index (χ1n) is 11.8. The van der Waals surface area contributed by atoms with Crippen LogP contribution in [0.4, 0.5) is 5.13 Å². The van der Waals surface area contributed by atoms with Crippen LogP contribution < -0.4 is 20.5 Å². The van der Waals surface area contributed by atoms with Gasteiger partial charge in [-0.15, -0.1) is 11.3 Å². The molecule has 0 saturated heterocycles. The number of thiazole rings is 1. The first-order chi connectivity index (χ1) is 16.6. The van der Waals surface area contributed by atoms with Crippen LogP contribution in [0.2, 0.25) is 0 Å². The molecule has 182 valence electrons. The number of unbranched alkanes of at least 4 members (excludes halogenated alkanes) is 3. The quantitative estimate of drug-likeness (QED) is 0.0867. The number of nitrogens with one attached hydrogen (secondary N) is 1. The standard InChI is InChI=1S/C26H34N4O3S/c1-3-4-8-23-24(29-26(28-2)34-23)19-9-13-21(14-10-19)32-17-6-5-7-18-33-22-15-11-20(12-16-22)25(27)30-31/h9-16,31H,3-8,17-18H2,1-2H3,(H2,27,30)(H,28,29). The summed E-state index contributed by atoms with van der Waals surface area (Å²) in [7, 11) is 1.92. The number of aromatic nitrogens is 1. The van der Waals surface area contributed by atoms with E-state index in [2.05, 4.69) is 29.5 Å². The van der Waals surface area contributed by atoms with Crippen molar-refractivity contribution in [2.24, 2.45) is 10.9 Å². The molecule has 0 unspecified atom stereocenters. The Labute approximate surface area is 205 Å². The molecule has 1 heterocycles. The van der Waals surface area contributed by atoms with Crippen LogP contribution in [0.25, 0.3) is 11.3 Å². The Hall–Kier alpha value is -3.26. The molecule has 0 bridgehead atoms. The van der Waals surface area contributed by atoms with E-state index in [1.54, 1.807) is 23.5 Å². The fourth-order valence-corrected chi connectivity index (χ4v) is 4.42. The number of nitrogens with zero attached hydrogens (tertiary/aromatic N) is 2. The molecular formula is C26H34N4O3S. The van der Waals surface area contributed by atoms with Gasteiger partial charge in [-0.25, -0.2) is 4.98 Å². The average Bonchev–Trinajstić information content (AvgIpc) is 3.30. The summed E-state index contributed by atoms with van der Waals surface area (Å²) in [6.45, 7) is 3.53. The third-order valence-corrected chi connectivity index (χ3v) is 6.51. The molecule has 3 rings (SSSR count). The summed E-state index contributed by atoms with van der Waals surface area (Å²) in [5, 5.41) is 15.8. The van der Waals surface area contributed by atoms with Gasteiger partial charge in [-0.05, 0) is 80.6 Å². The van der Waals surface area contributed by atoms with E-state index in [0.717, 1.165) is 53.6 Å². The lowest BCUT2D eigenvalue weighted by atomic mass is 10.1. The predicted molar refractivity (Wildman–Crippen MR) is 140 cm³/mol. The van der Waals surface area contributed by atoms with Crippen LogP contribution in [0.3, 0.4) is 0 Å². The van der Waals surface area contributed by atoms with Crippen molar-refractivity contribution in [2.75, 3.05) is 25.6 Å². The molecule has 0 fully saturated rings. The molecule has 0 saturated carbocycles. The molecule has 8 heteroatoms. The van der Waals surface area contributed by atoms with Crippen molar-refractivity contribution in [3.63, 3.8) is 0 Å². The minimum atomic E-state index is 0.0870. The van der Waals surface area contributed by atoms with Crippen molar-refractivity contribution in [3.05, 3.63) is 59.0 Å². The Kier molecular flexibility index (Phi) is 10.0. The molecule has 0 aliphatic carbocycles. The van der Waals surface area contributed by atoms with E-state index >= 15 is 0 Å². The van der Waals surface area contributed by atoms with E-state index in [4.69, 9.17) is 25.4 Å². The second kappa shape index (κ2) is 13.4. The van der Waals surface area contributed by atoms with Crippen molar-refractivity contribution in [1.82, 2.24) is 4.98 Å². The molecule has 0 atom stereocenters. The van der Waals surface area contributed by atoms with Crippen molar-refractivity contribution in [3.8, 4) is 22.8 Å². The maximum absolute atomic E-state index is 8.70. The van der Waals surface area contributed by atoms with E-state index in [1.807, 2.05) is 31.3 Å². The van der Waals surface area contributed by atoms with Gasteiger partial charge in [-0.3, -0.25) is 0 Å². The molecule has 3 aromatic rings. The highest BCUT2D eigenvalue weighted by Crippen LogP contribution is 2.33. The summed E-state index contributed by atoms with van der Waals surface area (Å²) in [4.78, 5) is 6.09. The number of aryl methyl sites for hydroxylation is 1. The van der Waals surface area contributed by atoms with Gasteiger partial charge in [-0.1, -0.05) is 18.5 Å². The van der Waals surface area contributed by atoms with Crippen LogP contribution in [0.1, 0.15) is 49.5 Å². The Bertz CT molecular complexity index is 1030. The van der Waals surface area contributed by atoms with Crippen LogP contribution in [0.5, 0.6) is 11.5 Å². The van der Waals surface area contributed by atoms with E-state index in [9.17, 15) is 0 Å². The van der Waals surface area contributed by atoms with E-state index in [-0.39, 0.29) is 5.84 Å². The number of nitrogens with two attached hydrogens (primary N) is 1. The van der Waals surface area contributed by atoms with Gasteiger partial charge >= 0.3 is 0 Å². The maximum atomic E-state index is 8.70. The highest BCUT2D eigenvalue weighted by molar-refractivity contribution is 7.16. The van der Waals surface area contributed by atoms with Gasteiger partial charge < -0.3 is 25.7 Å². The first kappa shape index (κ1) is 25.4. The lowest BCUT2D eigenvalue weighted by Crippen LogP contribution is -2.12. The molecular weight excluding hydrogens is 448 g/mol. The maximum Gasteiger partial charge on any atom is 0.183 e. The molecule has 0 spiro atoms. The topological polar surface area (TPSA) is 102 Å². The van der Waals surface area contributed by atoms with Gasteiger partial charge in [-0.2, -0.15) is 0 Å². The Morgan fingerprint density at radius 1 is 0.971 bits per heavy atom. The van der Waals surface area contributed by atoms with Crippen molar-refractivity contribution in [1.29, 1.82) is 0 Å². The fraction of sp³-hybridized carbons (Fsp3) is 0.385. The largest absolute Gasteiger partial charge is 0.494 e. The highest BCUT2D eigenvalue weighted by Gasteiger charge is 2.12. The number of hydrogen-bond acceptors (Lipinski definition) is 7. The van der Waals surface area contributed by atoms with Crippen molar-refractivity contribution >= 4 is 22.3 Å². The molecule has 0 aliphatic rings. The van der Waals surface area contributed by atoms with E-state index < -0.39 is 0 Å². The number of amidine groups is 1. The smallest absolute Gasteiger partial charge is 0.183 e. The van der Waals surface area contributed by atoms with Crippen LogP contribution in [-0.2, 0) is 6.42 Å². The summed E-state index contributed by atoms with van der Waals surface area (Å²) in [6, 6.07) is 15.4. The van der Waals surface area contributed by atoms with Crippen LogP contribution in [0.15, 0.2) is 53.7 Å². The lowest BCUT2D eigenvalue weighted by Gasteiger charge is -2.09. The molecule has 0 aliphatic heterocycles. The molecule has 1 aromatic heterocycles. The Morgan fingerprint density at radius 3 is 2.15 bits per heavy atom. The zero-order valence-corrected chi connectivity index (χ0v) is 20.7. The van der Waals surface area contributed by atoms with Gasteiger partial charge in [0, 0.05) is 23.1 Å². The number of benzene rings is 2. The normalized spacial score (nSPS) is 11.4. The first-order valence-corrected chi connectivity index (χ1v) is 12.6. The highest BCUT2D eigenvalue weighted by atomic mass is 32.1.